The fraction of sp³-hybridized carbons (Fsp3) is 0.350. The highest BCUT2D eigenvalue weighted by Crippen LogP contribution is 2.39. The van der Waals surface area contributed by atoms with Crippen LogP contribution in [0.25, 0.3) is 22.4 Å². The summed E-state index contributed by atoms with van der Waals surface area (Å²) in [6, 6.07) is 4.49. The average Bonchev–Trinajstić information content (AvgIpc) is 3.02. The second kappa shape index (κ2) is 6.84. The molecule has 0 fully saturated rings. The number of rotatable bonds is 4. The van der Waals surface area contributed by atoms with Crippen molar-refractivity contribution in [1.29, 1.82) is 0 Å². The van der Waals surface area contributed by atoms with Crippen molar-refractivity contribution in [2.24, 2.45) is 0 Å². The van der Waals surface area contributed by atoms with E-state index in [1.165, 1.54) is 19.9 Å². The standard InChI is InChI=1S/C20H21F2N3O2S/c1-19(2,3)14-6-7-23-17(25-14)13-8-10-12(24-13)9-11(21)16(15(10)22)28-20(4,5)18(26)27/h6-9,24H,1-5H3,(H,26,27). The van der Waals surface area contributed by atoms with Crippen LogP contribution in [0.15, 0.2) is 29.3 Å². The van der Waals surface area contributed by atoms with Crippen molar-refractivity contribution in [2.75, 3.05) is 0 Å². The monoisotopic (exact) mass is 405 g/mol. The summed E-state index contributed by atoms with van der Waals surface area (Å²) in [5, 5.41) is 9.41. The van der Waals surface area contributed by atoms with Crippen molar-refractivity contribution in [3.05, 3.63) is 41.7 Å². The first-order valence-electron chi connectivity index (χ1n) is 8.67. The van der Waals surface area contributed by atoms with Crippen LogP contribution >= 0.6 is 11.8 Å². The van der Waals surface area contributed by atoms with Gasteiger partial charge >= 0.3 is 5.97 Å². The van der Waals surface area contributed by atoms with Crippen molar-refractivity contribution in [3.63, 3.8) is 0 Å². The lowest BCUT2D eigenvalue weighted by atomic mass is 9.92. The van der Waals surface area contributed by atoms with Crippen molar-refractivity contribution in [3.8, 4) is 11.5 Å². The first-order chi connectivity index (χ1) is 12.9. The van der Waals surface area contributed by atoms with Crippen LogP contribution in [0.1, 0.15) is 40.3 Å². The number of carboxylic acid groups (broad SMARTS) is 1. The molecule has 148 valence electrons. The van der Waals surface area contributed by atoms with E-state index in [1.54, 1.807) is 6.20 Å². The summed E-state index contributed by atoms with van der Waals surface area (Å²) >= 11 is 0.638. The second-order valence-electron chi connectivity index (χ2n) is 8.08. The zero-order chi connectivity index (χ0) is 20.9. The fourth-order valence-corrected chi connectivity index (χ4v) is 3.56. The number of H-pyrrole nitrogens is 1. The Balaban J connectivity index is 2.10. The molecule has 3 aromatic rings. The lowest BCUT2D eigenvalue weighted by Crippen LogP contribution is -2.27. The summed E-state index contributed by atoms with van der Waals surface area (Å²) in [5.74, 6) is -2.40. The maximum atomic E-state index is 15.0. The highest BCUT2D eigenvalue weighted by Gasteiger charge is 2.32. The van der Waals surface area contributed by atoms with Gasteiger partial charge in [-0.25, -0.2) is 18.7 Å². The Morgan fingerprint density at radius 3 is 2.46 bits per heavy atom. The number of fused-ring (bicyclic) bond motifs is 1. The number of nitrogens with one attached hydrogen (secondary N) is 1. The van der Waals surface area contributed by atoms with E-state index in [0.717, 1.165) is 11.8 Å². The minimum Gasteiger partial charge on any atom is -0.480 e. The second-order valence-corrected chi connectivity index (χ2v) is 9.71. The van der Waals surface area contributed by atoms with Crippen molar-refractivity contribution in [2.45, 2.75) is 49.7 Å². The third-order valence-corrected chi connectivity index (χ3v) is 5.57. The zero-order valence-electron chi connectivity index (χ0n) is 16.2. The number of benzene rings is 1. The first-order valence-corrected chi connectivity index (χ1v) is 9.49. The van der Waals surface area contributed by atoms with Crippen molar-refractivity contribution >= 4 is 28.6 Å². The van der Waals surface area contributed by atoms with Gasteiger partial charge in [0.15, 0.2) is 5.82 Å². The molecule has 0 saturated carbocycles. The van der Waals surface area contributed by atoms with Gasteiger partial charge in [-0.15, -0.1) is 11.8 Å². The highest BCUT2D eigenvalue weighted by molar-refractivity contribution is 8.01. The van der Waals surface area contributed by atoms with Gasteiger partial charge in [0.2, 0.25) is 0 Å². The van der Waals surface area contributed by atoms with Gasteiger partial charge in [0.05, 0.1) is 16.1 Å². The molecule has 1 aromatic carbocycles. The number of thioether (sulfide) groups is 1. The molecule has 3 rings (SSSR count). The topological polar surface area (TPSA) is 78.9 Å². The Labute approximate surface area is 165 Å². The minimum atomic E-state index is -1.38. The molecule has 0 saturated heterocycles. The fourth-order valence-electron chi connectivity index (χ4n) is 2.60. The molecule has 0 aliphatic carbocycles. The molecule has 2 aromatic heterocycles. The van der Waals surface area contributed by atoms with Gasteiger partial charge in [0.1, 0.15) is 16.4 Å². The quantitative estimate of drug-likeness (QED) is 0.587. The Kier molecular flexibility index (Phi) is 4.95. The molecule has 0 spiro atoms. The molecule has 8 heteroatoms. The van der Waals surface area contributed by atoms with Crippen LogP contribution in [0, 0.1) is 11.6 Å². The van der Waals surface area contributed by atoms with Crippen LogP contribution in [-0.2, 0) is 10.2 Å². The van der Waals surface area contributed by atoms with Gasteiger partial charge in [0, 0.05) is 22.7 Å². The predicted octanol–water partition coefficient (Wildman–Crippen LogP) is 5.16. The van der Waals surface area contributed by atoms with E-state index in [4.69, 9.17) is 0 Å². The van der Waals surface area contributed by atoms with Crippen LogP contribution in [-0.4, -0.2) is 30.8 Å². The minimum absolute atomic E-state index is 0.157. The Morgan fingerprint density at radius 2 is 1.86 bits per heavy atom. The Morgan fingerprint density at radius 1 is 1.18 bits per heavy atom. The predicted molar refractivity (Wildman–Crippen MR) is 106 cm³/mol. The molecular formula is C20H21F2N3O2S. The maximum Gasteiger partial charge on any atom is 0.319 e. The van der Waals surface area contributed by atoms with Gasteiger partial charge in [-0.2, -0.15) is 0 Å². The molecule has 5 nitrogen and oxygen atoms in total. The van der Waals surface area contributed by atoms with E-state index in [9.17, 15) is 14.3 Å². The summed E-state index contributed by atoms with van der Waals surface area (Å²) in [5.41, 5.74) is 1.35. The molecule has 28 heavy (non-hydrogen) atoms. The Hall–Kier alpha value is -2.48. The van der Waals surface area contributed by atoms with Gasteiger partial charge in [-0.05, 0) is 32.0 Å². The van der Waals surface area contributed by atoms with Crippen LogP contribution in [0.4, 0.5) is 8.78 Å². The van der Waals surface area contributed by atoms with Crippen molar-refractivity contribution in [1.82, 2.24) is 15.0 Å². The molecule has 2 N–H and O–H groups in total. The number of aromatic amines is 1. The van der Waals surface area contributed by atoms with E-state index >= 15 is 4.39 Å². The van der Waals surface area contributed by atoms with Gasteiger partial charge in [-0.1, -0.05) is 20.8 Å². The number of carboxylic acids is 1. The molecule has 0 aliphatic heterocycles. The SMILES string of the molecule is CC(C)(Sc1c(F)cc2[nH]c(-c3nccc(C(C)(C)C)n3)cc2c1F)C(=O)O. The van der Waals surface area contributed by atoms with E-state index < -0.39 is 22.4 Å². The average molecular weight is 405 g/mol. The van der Waals surface area contributed by atoms with Crippen LogP contribution < -0.4 is 0 Å². The lowest BCUT2D eigenvalue weighted by molar-refractivity contribution is -0.138. The molecule has 0 radical (unpaired) electrons. The van der Waals surface area contributed by atoms with E-state index in [-0.39, 0.29) is 21.2 Å². The third-order valence-electron chi connectivity index (χ3n) is 4.31. The largest absolute Gasteiger partial charge is 0.480 e. The normalized spacial score (nSPS) is 12.5. The first kappa shape index (κ1) is 20.3. The summed E-state index contributed by atoms with van der Waals surface area (Å²) in [6.07, 6.45) is 1.63. The summed E-state index contributed by atoms with van der Waals surface area (Å²) in [6.45, 7) is 8.86. The van der Waals surface area contributed by atoms with E-state index in [1.807, 2.05) is 26.8 Å². The van der Waals surface area contributed by atoms with E-state index in [2.05, 4.69) is 15.0 Å². The van der Waals surface area contributed by atoms with Crippen LogP contribution in [0.2, 0.25) is 0 Å². The molecular weight excluding hydrogens is 384 g/mol. The summed E-state index contributed by atoms with van der Waals surface area (Å²) in [4.78, 5) is 22.7. The molecule has 0 unspecified atom stereocenters. The number of aliphatic carboxylic acids is 1. The molecule has 2 heterocycles. The summed E-state index contributed by atoms with van der Waals surface area (Å²) in [7, 11) is 0. The smallest absolute Gasteiger partial charge is 0.319 e. The third kappa shape index (κ3) is 3.73. The van der Waals surface area contributed by atoms with E-state index in [0.29, 0.717) is 23.3 Å². The molecule has 0 atom stereocenters. The van der Waals surface area contributed by atoms with Gasteiger partial charge in [0.25, 0.3) is 0 Å². The molecule has 0 aliphatic rings. The number of hydrogen-bond acceptors (Lipinski definition) is 4. The number of aromatic nitrogens is 3. The molecule has 0 amide bonds. The van der Waals surface area contributed by atoms with Gasteiger partial charge in [-0.3, -0.25) is 4.79 Å². The maximum absolute atomic E-state index is 15.0. The molecule has 0 bridgehead atoms. The lowest BCUT2D eigenvalue weighted by Gasteiger charge is -2.19. The van der Waals surface area contributed by atoms with Gasteiger partial charge < -0.3 is 10.1 Å². The number of carbonyl (C=O) groups is 1. The number of hydrogen-bond donors (Lipinski definition) is 2. The van der Waals surface area contributed by atoms with Crippen LogP contribution in [0.5, 0.6) is 0 Å². The highest BCUT2D eigenvalue weighted by atomic mass is 32.2. The number of halogens is 2. The zero-order valence-corrected chi connectivity index (χ0v) is 17.0. The van der Waals surface area contributed by atoms with Crippen LogP contribution in [0.3, 0.4) is 0 Å². The Bertz CT molecular complexity index is 1070. The summed E-state index contributed by atoms with van der Waals surface area (Å²) < 4.78 is 28.1. The number of nitrogens with zero attached hydrogens (tertiary/aromatic N) is 2. The van der Waals surface area contributed by atoms with Crippen molar-refractivity contribution < 1.29 is 18.7 Å².